The molecular weight excluding hydrogens is 445 g/mol. The molecule has 6 nitrogen and oxygen atoms in total. The summed E-state index contributed by atoms with van der Waals surface area (Å²) in [6.45, 7) is 7.55. The molecule has 35 heavy (non-hydrogen) atoms. The minimum absolute atomic E-state index is 0.0653. The zero-order valence-electron chi connectivity index (χ0n) is 20.6. The smallest absolute Gasteiger partial charge is 0.225 e. The first kappa shape index (κ1) is 24.3. The number of para-hydroxylation sites is 1. The van der Waals surface area contributed by atoms with Gasteiger partial charge >= 0.3 is 0 Å². The van der Waals surface area contributed by atoms with Crippen LogP contribution in [-0.4, -0.2) is 28.8 Å². The fourth-order valence-electron chi connectivity index (χ4n) is 3.85. The fourth-order valence-corrected chi connectivity index (χ4v) is 3.85. The highest BCUT2D eigenvalue weighted by atomic mass is 19.1. The second-order valence-corrected chi connectivity index (χ2v) is 9.55. The summed E-state index contributed by atoms with van der Waals surface area (Å²) in [5.74, 6) is 0.948. The Hall–Kier alpha value is -3.87. The first-order chi connectivity index (χ1) is 16.7. The maximum Gasteiger partial charge on any atom is 0.225 e. The quantitative estimate of drug-likeness (QED) is 0.364. The van der Waals surface area contributed by atoms with E-state index in [0.717, 1.165) is 22.2 Å². The van der Waals surface area contributed by atoms with Crippen LogP contribution < -0.4 is 14.8 Å². The van der Waals surface area contributed by atoms with Crippen molar-refractivity contribution in [3.63, 3.8) is 0 Å². The van der Waals surface area contributed by atoms with Crippen molar-refractivity contribution in [1.82, 2.24) is 15.1 Å². The minimum Gasteiger partial charge on any atom is -0.496 e. The van der Waals surface area contributed by atoms with Crippen molar-refractivity contribution in [3.05, 3.63) is 84.3 Å². The van der Waals surface area contributed by atoms with Crippen molar-refractivity contribution < 1.29 is 18.7 Å². The molecular formula is C28H30FN3O3. The summed E-state index contributed by atoms with van der Waals surface area (Å²) >= 11 is 0. The van der Waals surface area contributed by atoms with Gasteiger partial charge in [0.1, 0.15) is 23.4 Å². The Morgan fingerprint density at radius 1 is 1.06 bits per heavy atom. The number of nitrogens with zero attached hydrogens (tertiary/aromatic N) is 2. The monoisotopic (exact) mass is 475 g/mol. The van der Waals surface area contributed by atoms with Crippen LogP contribution in [0.3, 0.4) is 0 Å². The number of hydrogen-bond acceptors (Lipinski definition) is 4. The zero-order valence-corrected chi connectivity index (χ0v) is 20.6. The number of methoxy groups -OCH3 is 1. The lowest BCUT2D eigenvalue weighted by molar-refractivity contribution is -0.129. The van der Waals surface area contributed by atoms with E-state index in [9.17, 15) is 9.18 Å². The molecule has 1 aromatic heterocycles. The van der Waals surface area contributed by atoms with Crippen LogP contribution in [-0.2, 0) is 4.79 Å². The van der Waals surface area contributed by atoms with Gasteiger partial charge in [-0.25, -0.2) is 9.07 Å². The number of amides is 1. The number of rotatable bonds is 7. The highest BCUT2D eigenvalue weighted by molar-refractivity contribution is 5.82. The highest BCUT2D eigenvalue weighted by Gasteiger charge is 2.30. The third kappa shape index (κ3) is 5.29. The van der Waals surface area contributed by atoms with Gasteiger partial charge in [-0.15, -0.1) is 0 Å². The molecule has 0 fully saturated rings. The second-order valence-electron chi connectivity index (χ2n) is 9.55. The van der Waals surface area contributed by atoms with E-state index < -0.39 is 11.5 Å². The van der Waals surface area contributed by atoms with E-state index in [2.05, 4.69) is 10.4 Å². The largest absolute Gasteiger partial charge is 0.496 e. The Balaban J connectivity index is 1.67. The van der Waals surface area contributed by atoms with E-state index in [4.69, 9.17) is 9.47 Å². The molecule has 4 rings (SSSR count). The maximum absolute atomic E-state index is 13.3. The predicted molar refractivity (Wildman–Crippen MR) is 134 cm³/mol. The van der Waals surface area contributed by atoms with E-state index in [1.165, 1.54) is 12.1 Å². The summed E-state index contributed by atoms with van der Waals surface area (Å²) < 4.78 is 27.2. The molecule has 0 saturated heterocycles. The third-order valence-electron chi connectivity index (χ3n) is 5.81. The number of hydrogen-bond donors (Lipinski definition) is 1. The molecule has 0 unspecified atom stereocenters. The molecule has 0 radical (unpaired) electrons. The molecule has 0 aliphatic heterocycles. The molecule has 2 atom stereocenters. The lowest BCUT2D eigenvalue weighted by atomic mass is 9.94. The Kier molecular flexibility index (Phi) is 6.78. The summed E-state index contributed by atoms with van der Waals surface area (Å²) in [4.78, 5) is 12.7. The average molecular weight is 476 g/mol. The summed E-state index contributed by atoms with van der Waals surface area (Å²) in [6.07, 6.45) is 1.25. The van der Waals surface area contributed by atoms with Gasteiger partial charge in [-0.05, 0) is 55.5 Å². The molecule has 1 amide bonds. The van der Waals surface area contributed by atoms with Crippen LogP contribution in [0.2, 0.25) is 0 Å². The number of carbonyl (C=O) groups is 1. The molecule has 182 valence electrons. The summed E-state index contributed by atoms with van der Waals surface area (Å²) in [5, 5.41) is 8.43. The van der Waals surface area contributed by atoms with E-state index in [-0.39, 0.29) is 17.8 Å². The van der Waals surface area contributed by atoms with Crippen LogP contribution in [0.1, 0.15) is 39.4 Å². The van der Waals surface area contributed by atoms with Gasteiger partial charge in [0.05, 0.1) is 30.6 Å². The van der Waals surface area contributed by atoms with E-state index in [1.54, 1.807) is 30.1 Å². The Bertz CT molecular complexity index is 1330. The van der Waals surface area contributed by atoms with E-state index in [0.29, 0.717) is 11.5 Å². The number of fused-ring (bicyclic) bond motifs is 1. The number of halogens is 1. The number of benzene rings is 3. The molecule has 0 aliphatic carbocycles. The van der Waals surface area contributed by atoms with Crippen molar-refractivity contribution in [1.29, 1.82) is 0 Å². The minimum atomic E-state index is -0.534. The molecule has 4 aromatic rings. The maximum atomic E-state index is 13.3. The second kappa shape index (κ2) is 9.78. The van der Waals surface area contributed by atoms with Gasteiger partial charge in [-0.3, -0.25) is 4.79 Å². The van der Waals surface area contributed by atoms with Crippen molar-refractivity contribution in [3.8, 4) is 17.2 Å². The van der Waals surface area contributed by atoms with Crippen molar-refractivity contribution >= 4 is 16.8 Å². The van der Waals surface area contributed by atoms with Gasteiger partial charge in [0, 0.05) is 16.4 Å². The third-order valence-corrected chi connectivity index (χ3v) is 5.81. The number of nitrogens with one attached hydrogen (secondary N) is 1. The number of carbonyl (C=O) groups excluding carboxylic acids is 1. The van der Waals surface area contributed by atoms with Gasteiger partial charge in [-0.2, -0.15) is 5.10 Å². The van der Waals surface area contributed by atoms with Gasteiger partial charge in [-0.1, -0.05) is 39.0 Å². The Morgan fingerprint density at radius 2 is 1.77 bits per heavy atom. The highest BCUT2D eigenvalue weighted by Crippen LogP contribution is 2.33. The zero-order chi connectivity index (χ0) is 25.2. The van der Waals surface area contributed by atoms with Gasteiger partial charge in [0.2, 0.25) is 5.91 Å². The first-order valence-corrected chi connectivity index (χ1v) is 11.5. The van der Waals surface area contributed by atoms with E-state index >= 15 is 0 Å². The Morgan fingerprint density at radius 3 is 2.46 bits per heavy atom. The lowest BCUT2D eigenvalue weighted by Crippen LogP contribution is -2.44. The van der Waals surface area contributed by atoms with Crippen LogP contribution >= 0.6 is 0 Å². The number of ether oxygens (including phenoxy) is 2. The molecule has 0 bridgehead atoms. The molecule has 0 aliphatic rings. The summed E-state index contributed by atoms with van der Waals surface area (Å²) in [7, 11) is 1.62. The molecule has 3 aromatic carbocycles. The van der Waals surface area contributed by atoms with Crippen LogP contribution in [0, 0.1) is 11.2 Å². The molecule has 1 N–H and O–H groups in total. The topological polar surface area (TPSA) is 65.4 Å². The lowest BCUT2D eigenvalue weighted by Gasteiger charge is -2.30. The Labute approximate surface area is 204 Å². The van der Waals surface area contributed by atoms with Crippen LogP contribution in [0.4, 0.5) is 4.39 Å². The number of aromatic nitrogens is 2. The van der Waals surface area contributed by atoms with Gasteiger partial charge in [0.15, 0.2) is 0 Å². The van der Waals surface area contributed by atoms with Crippen molar-refractivity contribution in [2.75, 3.05) is 7.11 Å². The van der Waals surface area contributed by atoms with Crippen LogP contribution in [0.15, 0.2) is 72.9 Å². The van der Waals surface area contributed by atoms with E-state index in [1.807, 2.05) is 70.2 Å². The fraction of sp³-hybridized carbons (Fsp3) is 0.286. The summed E-state index contributed by atoms with van der Waals surface area (Å²) in [5.41, 5.74) is 1.93. The molecule has 1 heterocycles. The molecule has 0 saturated carbocycles. The van der Waals surface area contributed by atoms with Crippen molar-refractivity contribution in [2.45, 2.75) is 39.8 Å². The first-order valence-electron chi connectivity index (χ1n) is 11.5. The normalized spacial score (nSPS) is 13.3. The van der Waals surface area contributed by atoms with Gasteiger partial charge in [0.25, 0.3) is 0 Å². The SMILES string of the molecule is COc1ccccc1[C@@H](Oc1ccc2c(cnn2-c2ccc(F)cc2)c1)[C@H](C)NC(=O)C(C)(C)C. The van der Waals surface area contributed by atoms with Crippen LogP contribution in [0.25, 0.3) is 16.6 Å². The molecule has 7 heteroatoms. The van der Waals surface area contributed by atoms with Crippen LogP contribution in [0.5, 0.6) is 11.5 Å². The molecule has 0 spiro atoms. The van der Waals surface area contributed by atoms with Gasteiger partial charge < -0.3 is 14.8 Å². The predicted octanol–water partition coefficient (Wildman–Crippen LogP) is 5.84. The van der Waals surface area contributed by atoms with Crippen molar-refractivity contribution in [2.24, 2.45) is 5.41 Å². The average Bonchev–Trinajstić information content (AvgIpc) is 3.25. The summed E-state index contributed by atoms with van der Waals surface area (Å²) in [6, 6.07) is 19.2. The standard InChI is InChI=1S/C28H30FN3O3/c1-18(31-27(33)28(2,3)4)26(23-8-6-7-9-25(23)34-5)35-22-14-15-24-19(16-22)17-30-32(24)21-12-10-20(29)11-13-21/h6-18,26H,1-5H3,(H,31,33)/t18-,26-/m0/s1.